The Morgan fingerprint density at radius 2 is 1.88 bits per heavy atom. The zero-order chi connectivity index (χ0) is 17.9. The molecule has 0 unspecified atom stereocenters. The molecule has 132 valence electrons. The van der Waals surface area contributed by atoms with Crippen LogP contribution in [0.5, 0.6) is 11.5 Å². The molecule has 1 aromatic rings. The van der Waals surface area contributed by atoms with Crippen LogP contribution in [-0.4, -0.2) is 44.8 Å². The second kappa shape index (κ2) is 10.1. The number of hydrogen-bond acceptors (Lipinski definition) is 6. The molecule has 8 nitrogen and oxygen atoms in total. The molecule has 0 aromatic heterocycles. The van der Waals surface area contributed by atoms with Gasteiger partial charge in [0.2, 0.25) is 0 Å². The Morgan fingerprint density at radius 1 is 1.12 bits per heavy atom. The molecule has 1 rings (SSSR count). The number of carbonyl (C=O) groups is 3. The smallest absolute Gasteiger partial charge is 0.338 e. The first-order chi connectivity index (χ1) is 11.5. The van der Waals surface area contributed by atoms with Crippen LogP contribution in [-0.2, 0) is 9.53 Å². The number of carbonyl (C=O) groups excluding carboxylic acids is 3. The molecule has 0 spiro atoms. The van der Waals surface area contributed by atoms with E-state index >= 15 is 0 Å². The summed E-state index contributed by atoms with van der Waals surface area (Å²) in [5.41, 5.74) is 0.207. The van der Waals surface area contributed by atoms with Crippen LogP contribution in [0.25, 0.3) is 0 Å². The van der Waals surface area contributed by atoms with Crippen molar-refractivity contribution in [2.24, 2.45) is 0 Å². The number of hydrogen-bond donors (Lipinski definition) is 2. The number of methoxy groups -OCH3 is 1. The second-order valence-corrected chi connectivity index (χ2v) is 4.68. The van der Waals surface area contributed by atoms with Crippen molar-refractivity contribution < 1.29 is 28.6 Å². The van der Waals surface area contributed by atoms with Crippen molar-refractivity contribution in [3.8, 4) is 11.5 Å². The first-order valence-corrected chi connectivity index (χ1v) is 7.57. The van der Waals surface area contributed by atoms with Crippen molar-refractivity contribution in [3.05, 3.63) is 23.8 Å². The van der Waals surface area contributed by atoms with E-state index in [4.69, 9.17) is 14.2 Å². The minimum atomic E-state index is -0.713. The van der Waals surface area contributed by atoms with Gasteiger partial charge in [-0.1, -0.05) is 6.92 Å². The van der Waals surface area contributed by atoms with Crippen LogP contribution in [0.2, 0.25) is 0 Å². The van der Waals surface area contributed by atoms with Gasteiger partial charge in [-0.15, -0.1) is 0 Å². The fraction of sp³-hybridized carbons (Fsp3) is 0.438. The number of rotatable bonds is 8. The Bertz CT molecular complexity index is 588. The highest BCUT2D eigenvalue weighted by Crippen LogP contribution is 2.28. The normalized spacial score (nSPS) is 9.79. The number of amides is 3. The van der Waals surface area contributed by atoms with Crippen molar-refractivity contribution in [1.29, 1.82) is 0 Å². The maximum atomic E-state index is 11.9. The van der Waals surface area contributed by atoms with Gasteiger partial charge in [-0.25, -0.2) is 9.59 Å². The molecule has 0 aliphatic rings. The average molecular weight is 338 g/mol. The number of esters is 1. The van der Waals surface area contributed by atoms with Crippen molar-refractivity contribution >= 4 is 17.9 Å². The molecule has 0 aliphatic heterocycles. The summed E-state index contributed by atoms with van der Waals surface area (Å²) in [6, 6.07) is 3.92. The first kappa shape index (κ1) is 19.3. The van der Waals surface area contributed by atoms with Crippen LogP contribution in [0.4, 0.5) is 4.79 Å². The Morgan fingerprint density at radius 3 is 2.50 bits per heavy atom. The van der Waals surface area contributed by atoms with E-state index < -0.39 is 24.5 Å². The monoisotopic (exact) mass is 338 g/mol. The summed E-state index contributed by atoms with van der Waals surface area (Å²) in [5.74, 6) is -0.535. The van der Waals surface area contributed by atoms with Gasteiger partial charge in [-0.3, -0.25) is 10.1 Å². The van der Waals surface area contributed by atoms with E-state index in [1.54, 1.807) is 6.07 Å². The molecule has 8 heteroatoms. The quantitative estimate of drug-likeness (QED) is 0.696. The van der Waals surface area contributed by atoms with Crippen molar-refractivity contribution in [3.63, 3.8) is 0 Å². The third-order valence-electron chi connectivity index (χ3n) is 2.82. The van der Waals surface area contributed by atoms with Crippen LogP contribution >= 0.6 is 0 Å². The van der Waals surface area contributed by atoms with Crippen molar-refractivity contribution in [1.82, 2.24) is 10.6 Å². The predicted molar refractivity (Wildman–Crippen MR) is 86.3 cm³/mol. The maximum Gasteiger partial charge on any atom is 0.338 e. The van der Waals surface area contributed by atoms with Gasteiger partial charge in [-0.05, 0) is 31.5 Å². The lowest BCUT2D eigenvalue weighted by atomic mass is 10.2. The van der Waals surface area contributed by atoms with Gasteiger partial charge in [0, 0.05) is 6.54 Å². The molecule has 0 aliphatic carbocycles. The maximum absolute atomic E-state index is 11.9. The Hall–Kier alpha value is -2.77. The summed E-state index contributed by atoms with van der Waals surface area (Å²) >= 11 is 0. The Kier molecular flexibility index (Phi) is 8.10. The number of benzene rings is 1. The molecule has 2 N–H and O–H groups in total. The standard InChI is InChI=1S/C16H22N2O6/c1-4-8-17-16(21)18-14(19)10-24-15(20)11-6-7-12(23-5-2)13(9-11)22-3/h6-7,9H,4-5,8,10H2,1-3H3,(H2,17,18,19,21). The number of urea groups is 1. The van der Waals surface area contributed by atoms with Gasteiger partial charge in [0.05, 0.1) is 19.3 Å². The molecule has 0 atom stereocenters. The third-order valence-corrected chi connectivity index (χ3v) is 2.82. The highest BCUT2D eigenvalue weighted by Gasteiger charge is 2.15. The molecule has 24 heavy (non-hydrogen) atoms. The van der Waals surface area contributed by atoms with Gasteiger partial charge >= 0.3 is 12.0 Å². The van der Waals surface area contributed by atoms with E-state index in [1.165, 1.54) is 19.2 Å². The lowest BCUT2D eigenvalue weighted by molar-refractivity contribution is -0.123. The Balaban J connectivity index is 2.56. The van der Waals surface area contributed by atoms with Gasteiger partial charge in [0.15, 0.2) is 18.1 Å². The van der Waals surface area contributed by atoms with E-state index in [2.05, 4.69) is 10.6 Å². The van der Waals surface area contributed by atoms with E-state index in [-0.39, 0.29) is 5.56 Å². The Labute approximate surface area is 140 Å². The SMILES string of the molecule is CCCNC(=O)NC(=O)COC(=O)c1ccc(OCC)c(OC)c1. The lowest BCUT2D eigenvalue weighted by Crippen LogP contribution is -2.41. The fourth-order valence-corrected chi connectivity index (χ4v) is 1.73. The summed E-state index contributed by atoms with van der Waals surface area (Å²) in [6.45, 7) is 4.06. The average Bonchev–Trinajstić information content (AvgIpc) is 2.58. The predicted octanol–water partition coefficient (Wildman–Crippen LogP) is 1.49. The summed E-state index contributed by atoms with van der Waals surface area (Å²) in [4.78, 5) is 34.8. The third kappa shape index (κ3) is 6.15. The van der Waals surface area contributed by atoms with Crippen molar-refractivity contribution in [2.75, 3.05) is 26.9 Å². The number of nitrogens with one attached hydrogen (secondary N) is 2. The number of imide groups is 1. The molecule has 1 aromatic carbocycles. The fourth-order valence-electron chi connectivity index (χ4n) is 1.73. The van der Waals surface area contributed by atoms with E-state index in [0.29, 0.717) is 24.7 Å². The van der Waals surface area contributed by atoms with Gasteiger partial charge in [0.1, 0.15) is 0 Å². The topological polar surface area (TPSA) is 103 Å². The molecule has 0 bridgehead atoms. The minimum Gasteiger partial charge on any atom is -0.493 e. The molecular formula is C16H22N2O6. The van der Waals surface area contributed by atoms with Gasteiger partial charge in [-0.2, -0.15) is 0 Å². The van der Waals surface area contributed by atoms with E-state index in [1.807, 2.05) is 13.8 Å². The first-order valence-electron chi connectivity index (χ1n) is 7.57. The summed E-state index contributed by atoms with van der Waals surface area (Å²) in [6.07, 6.45) is 0.746. The van der Waals surface area contributed by atoms with Crippen LogP contribution < -0.4 is 20.1 Å². The highest BCUT2D eigenvalue weighted by atomic mass is 16.5. The molecule has 0 saturated carbocycles. The molecular weight excluding hydrogens is 316 g/mol. The summed E-state index contributed by atoms with van der Waals surface area (Å²) in [7, 11) is 1.45. The zero-order valence-electron chi connectivity index (χ0n) is 14.0. The van der Waals surface area contributed by atoms with Crippen LogP contribution in [0.3, 0.4) is 0 Å². The highest BCUT2D eigenvalue weighted by molar-refractivity contribution is 5.97. The summed E-state index contributed by atoms with van der Waals surface area (Å²) in [5, 5.41) is 4.53. The van der Waals surface area contributed by atoms with E-state index in [0.717, 1.165) is 6.42 Å². The molecule has 0 radical (unpaired) electrons. The van der Waals surface area contributed by atoms with Gasteiger partial charge < -0.3 is 19.5 Å². The second-order valence-electron chi connectivity index (χ2n) is 4.68. The molecule has 0 heterocycles. The lowest BCUT2D eigenvalue weighted by Gasteiger charge is -2.11. The van der Waals surface area contributed by atoms with Crippen LogP contribution in [0, 0.1) is 0 Å². The summed E-state index contributed by atoms with van der Waals surface area (Å²) < 4.78 is 15.4. The number of ether oxygens (including phenoxy) is 3. The van der Waals surface area contributed by atoms with Crippen LogP contribution in [0.15, 0.2) is 18.2 Å². The minimum absolute atomic E-state index is 0.207. The molecule has 0 fully saturated rings. The van der Waals surface area contributed by atoms with Crippen LogP contribution in [0.1, 0.15) is 30.6 Å². The van der Waals surface area contributed by atoms with Crippen molar-refractivity contribution in [2.45, 2.75) is 20.3 Å². The molecule has 0 saturated heterocycles. The van der Waals surface area contributed by atoms with E-state index in [9.17, 15) is 14.4 Å². The largest absolute Gasteiger partial charge is 0.493 e. The zero-order valence-corrected chi connectivity index (χ0v) is 14.0. The molecule has 3 amide bonds. The van der Waals surface area contributed by atoms with Gasteiger partial charge in [0.25, 0.3) is 5.91 Å².